The lowest BCUT2D eigenvalue weighted by Gasteiger charge is -2.17. The number of carbonyl (C=O) groups excluding carboxylic acids is 1. The third kappa shape index (κ3) is 1.97. The van der Waals surface area contributed by atoms with E-state index in [0.29, 0.717) is 0 Å². The summed E-state index contributed by atoms with van der Waals surface area (Å²) in [5.41, 5.74) is 3.87. The molecule has 18 heavy (non-hydrogen) atoms. The van der Waals surface area contributed by atoms with Crippen LogP contribution in [0.1, 0.15) is 27.9 Å². The fourth-order valence-corrected chi connectivity index (χ4v) is 2.32. The number of ketones is 1. The summed E-state index contributed by atoms with van der Waals surface area (Å²) >= 11 is 0. The molecule has 2 nitrogen and oxygen atoms in total. The van der Waals surface area contributed by atoms with E-state index in [2.05, 4.69) is 4.98 Å². The Hall–Kier alpha value is -2.22. The van der Waals surface area contributed by atoms with Crippen molar-refractivity contribution in [1.82, 2.24) is 4.98 Å². The minimum atomic E-state index is 0.153. The number of aryl methyl sites for hydroxylation is 1. The Kier molecular flexibility index (Phi) is 2.77. The molecule has 0 saturated carbocycles. The Bertz CT molecular complexity index is 614. The summed E-state index contributed by atoms with van der Waals surface area (Å²) in [4.78, 5) is 16.4. The number of allylic oxidation sites excluding steroid dienone is 1. The molecule has 0 fully saturated rings. The zero-order valence-electron chi connectivity index (χ0n) is 9.97. The minimum Gasteiger partial charge on any atom is -0.289 e. The number of hydrogen-bond donors (Lipinski definition) is 0. The SMILES string of the molecule is O=C1/C(=C/c2cccnc2)CCc2ccccc21. The average molecular weight is 235 g/mol. The number of Topliss-reactive ketones (excluding diaryl/α,β-unsaturated/α-hetero) is 1. The van der Waals surface area contributed by atoms with Gasteiger partial charge < -0.3 is 0 Å². The first-order valence-corrected chi connectivity index (χ1v) is 6.08. The summed E-state index contributed by atoms with van der Waals surface area (Å²) in [7, 11) is 0. The van der Waals surface area contributed by atoms with E-state index in [9.17, 15) is 4.79 Å². The first-order valence-electron chi connectivity index (χ1n) is 6.08. The molecule has 0 saturated heterocycles. The summed E-state index contributed by atoms with van der Waals surface area (Å²) < 4.78 is 0. The Labute approximate surface area is 106 Å². The van der Waals surface area contributed by atoms with Gasteiger partial charge in [-0.15, -0.1) is 0 Å². The first-order chi connectivity index (χ1) is 8.84. The molecule has 0 bridgehead atoms. The molecule has 1 aliphatic rings. The van der Waals surface area contributed by atoms with Crippen LogP contribution in [0, 0.1) is 0 Å². The number of fused-ring (bicyclic) bond motifs is 1. The molecule has 3 rings (SSSR count). The zero-order chi connectivity index (χ0) is 12.4. The van der Waals surface area contributed by atoms with Gasteiger partial charge in [-0.05, 0) is 36.1 Å². The van der Waals surface area contributed by atoms with Gasteiger partial charge in [0.25, 0.3) is 0 Å². The molecular formula is C16H13NO. The van der Waals surface area contributed by atoms with Crippen molar-refractivity contribution >= 4 is 11.9 Å². The van der Waals surface area contributed by atoms with Crippen LogP contribution < -0.4 is 0 Å². The molecule has 1 heterocycles. The summed E-state index contributed by atoms with van der Waals surface area (Å²) in [6.45, 7) is 0. The normalized spacial score (nSPS) is 16.7. The van der Waals surface area contributed by atoms with Crippen LogP contribution in [0.15, 0.2) is 54.4 Å². The van der Waals surface area contributed by atoms with Gasteiger partial charge in [-0.25, -0.2) is 0 Å². The van der Waals surface area contributed by atoms with Crippen LogP contribution in [0.3, 0.4) is 0 Å². The van der Waals surface area contributed by atoms with Crippen molar-refractivity contribution in [3.63, 3.8) is 0 Å². The minimum absolute atomic E-state index is 0.153. The fourth-order valence-electron chi connectivity index (χ4n) is 2.32. The van der Waals surface area contributed by atoms with Crippen LogP contribution in [0.25, 0.3) is 6.08 Å². The number of hydrogen-bond acceptors (Lipinski definition) is 2. The first kappa shape index (κ1) is 10.9. The fraction of sp³-hybridized carbons (Fsp3) is 0.125. The highest BCUT2D eigenvalue weighted by Gasteiger charge is 2.20. The number of benzene rings is 1. The largest absolute Gasteiger partial charge is 0.289 e. The van der Waals surface area contributed by atoms with E-state index in [1.54, 1.807) is 12.4 Å². The highest BCUT2D eigenvalue weighted by molar-refractivity contribution is 6.13. The Balaban J connectivity index is 1.98. The molecule has 0 N–H and O–H groups in total. The highest BCUT2D eigenvalue weighted by atomic mass is 16.1. The molecule has 1 aliphatic carbocycles. The standard InChI is InChI=1S/C16H13NO/c18-16-14(10-12-4-3-9-17-11-12)8-7-13-5-1-2-6-15(13)16/h1-6,9-11H,7-8H2/b14-10+. The molecule has 1 aromatic carbocycles. The van der Waals surface area contributed by atoms with Crippen LogP contribution >= 0.6 is 0 Å². The second kappa shape index (κ2) is 4.57. The van der Waals surface area contributed by atoms with Gasteiger partial charge >= 0.3 is 0 Å². The molecular weight excluding hydrogens is 222 g/mol. The van der Waals surface area contributed by atoms with Gasteiger partial charge in [0.2, 0.25) is 0 Å². The topological polar surface area (TPSA) is 30.0 Å². The summed E-state index contributed by atoms with van der Waals surface area (Å²) in [6.07, 6.45) is 7.21. The molecule has 0 amide bonds. The molecule has 0 unspecified atom stereocenters. The Morgan fingerprint density at radius 3 is 2.78 bits per heavy atom. The summed E-state index contributed by atoms with van der Waals surface area (Å²) in [6, 6.07) is 11.7. The molecule has 2 heteroatoms. The Morgan fingerprint density at radius 1 is 1.06 bits per heavy atom. The van der Waals surface area contributed by atoms with Crippen molar-refractivity contribution in [1.29, 1.82) is 0 Å². The predicted octanol–water partition coefficient (Wildman–Crippen LogP) is 3.29. The van der Waals surface area contributed by atoms with E-state index in [1.807, 2.05) is 42.5 Å². The van der Waals surface area contributed by atoms with E-state index >= 15 is 0 Å². The maximum absolute atomic E-state index is 12.3. The van der Waals surface area contributed by atoms with Gasteiger partial charge in [-0.2, -0.15) is 0 Å². The van der Waals surface area contributed by atoms with Crippen molar-refractivity contribution in [2.45, 2.75) is 12.8 Å². The molecule has 1 aromatic heterocycles. The van der Waals surface area contributed by atoms with Gasteiger partial charge in [-0.1, -0.05) is 30.3 Å². The second-order valence-corrected chi connectivity index (χ2v) is 4.44. The molecule has 0 radical (unpaired) electrons. The monoisotopic (exact) mass is 235 g/mol. The van der Waals surface area contributed by atoms with E-state index < -0.39 is 0 Å². The van der Waals surface area contributed by atoms with Crippen molar-refractivity contribution in [2.24, 2.45) is 0 Å². The number of pyridine rings is 1. The maximum atomic E-state index is 12.3. The second-order valence-electron chi connectivity index (χ2n) is 4.44. The average Bonchev–Trinajstić information content (AvgIpc) is 2.43. The van der Waals surface area contributed by atoms with E-state index in [1.165, 1.54) is 0 Å². The quantitative estimate of drug-likeness (QED) is 0.710. The predicted molar refractivity (Wildman–Crippen MR) is 71.3 cm³/mol. The lowest BCUT2D eigenvalue weighted by Crippen LogP contribution is -2.13. The summed E-state index contributed by atoms with van der Waals surface area (Å²) in [5, 5.41) is 0. The van der Waals surface area contributed by atoms with Crippen LogP contribution in [0.4, 0.5) is 0 Å². The zero-order valence-corrected chi connectivity index (χ0v) is 9.97. The van der Waals surface area contributed by atoms with E-state index in [-0.39, 0.29) is 5.78 Å². The highest BCUT2D eigenvalue weighted by Crippen LogP contribution is 2.26. The number of nitrogens with zero attached hydrogens (tertiary/aromatic N) is 1. The van der Waals surface area contributed by atoms with Crippen LogP contribution in [-0.2, 0) is 6.42 Å². The van der Waals surface area contributed by atoms with Crippen LogP contribution in [0.5, 0.6) is 0 Å². The van der Waals surface area contributed by atoms with Gasteiger partial charge in [0.1, 0.15) is 0 Å². The third-order valence-electron chi connectivity index (χ3n) is 3.24. The number of carbonyl (C=O) groups is 1. The smallest absolute Gasteiger partial charge is 0.189 e. The van der Waals surface area contributed by atoms with Crippen molar-refractivity contribution in [3.05, 3.63) is 71.1 Å². The molecule has 2 aromatic rings. The third-order valence-corrected chi connectivity index (χ3v) is 3.24. The van der Waals surface area contributed by atoms with Gasteiger partial charge in [0.15, 0.2) is 5.78 Å². The van der Waals surface area contributed by atoms with Gasteiger partial charge in [0.05, 0.1) is 0 Å². The lowest BCUT2D eigenvalue weighted by molar-refractivity contribution is 0.102. The van der Waals surface area contributed by atoms with E-state index in [4.69, 9.17) is 0 Å². The van der Waals surface area contributed by atoms with Gasteiger partial charge in [-0.3, -0.25) is 9.78 Å². The number of rotatable bonds is 1. The maximum Gasteiger partial charge on any atom is 0.189 e. The lowest BCUT2D eigenvalue weighted by atomic mass is 9.86. The molecule has 0 atom stereocenters. The molecule has 88 valence electrons. The molecule has 0 aliphatic heterocycles. The Morgan fingerprint density at radius 2 is 1.94 bits per heavy atom. The van der Waals surface area contributed by atoms with Crippen molar-refractivity contribution in [2.75, 3.05) is 0 Å². The van der Waals surface area contributed by atoms with Crippen molar-refractivity contribution < 1.29 is 4.79 Å². The molecule has 0 spiro atoms. The summed E-state index contributed by atoms with van der Waals surface area (Å²) in [5.74, 6) is 0.153. The van der Waals surface area contributed by atoms with Gasteiger partial charge in [0, 0.05) is 23.5 Å². The van der Waals surface area contributed by atoms with Crippen LogP contribution in [-0.4, -0.2) is 10.8 Å². The number of aromatic nitrogens is 1. The van der Waals surface area contributed by atoms with E-state index in [0.717, 1.165) is 35.1 Å². The van der Waals surface area contributed by atoms with Crippen molar-refractivity contribution in [3.8, 4) is 0 Å². The van der Waals surface area contributed by atoms with Crippen LogP contribution in [0.2, 0.25) is 0 Å².